The van der Waals surface area contributed by atoms with Gasteiger partial charge in [-0.25, -0.2) is 13.1 Å². The maximum atomic E-state index is 12.4. The van der Waals surface area contributed by atoms with E-state index in [9.17, 15) is 8.42 Å². The minimum Gasteiger partial charge on any atom is -0.494 e. The number of hydrogen-bond donors (Lipinski definition) is 2. The molecule has 0 saturated heterocycles. The Hall–Kier alpha value is -0.820. The van der Waals surface area contributed by atoms with Gasteiger partial charge in [0.25, 0.3) is 0 Å². The first-order chi connectivity index (χ1) is 9.93. The zero-order valence-electron chi connectivity index (χ0n) is 13.5. The van der Waals surface area contributed by atoms with Crippen molar-refractivity contribution in [3.63, 3.8) is 0 Å². The van der Waals surface area contributed by atoms with Crippen LogP contribution in [0.15, 0.2) is 29.2 Å². The van der Waals surface area contributed by atoms with Gasteiger partial charge in [0.1, 0.15) is 5.75 Å². The quantitative estimate of drug-likeness (QED) is 0.717. The fourth-order valence-electron chi connectivity index (χ4n) is 2.00. The van der Waals surface area contributed by atoms with Crippen LogP contribution in [0.1, 0.15) is 40.0 Å². The number of hydrogen-bond acceptors (Lipinski definition) is 4. The van der Waals surface area contributed by atoms with E-state index in [1.807, 2.05) is 20.8 Å². The van der Waals surface area contributed by atoms with Gasteiger partial charge in [0, 0.05) is 12.1 Å². The molecule has 128 valence electrons. The van der Waals surface area contributed by atoms with E-state index in [0.717, 1.165) is 6.42 Å². The number of sulfonamides is 1. The Morgan fingerprint density at radius 1 is 1.14 bits per heavy atom. The van der Waals surface area contributed by atoms with E-state index in [1.54, 1.807) is 24.3 Å². The molecule has 0 aromatic heterocycles. The molecule has 0 aliphatic carbocycles. The molecule has 5 nitrogen and oxygen atoms in total. The van der Waals surface area contributed by atoms with Crippen molar-refractivity contribution in [3.8, 4) is 5.75 Å². The van der Waals surface area contributed by atoms with Crippen LogP contribution in [0.25, 0.3) is 0 Å². The second-order valence-electron chi connectivity index (χ2n) is 5.12. The lowest BCUT2D eigenvalue weighted by atomic mass is 9.95. The minimum absolute atomic E-state index is 0. The highest BCUT2D eigenvalue weighted by Crippen LogP contribution is 2.20. The standard InChI is InChI=1S/C15H26N2O3S.ClH/c1-4-11-20-13-7-9-14(10-8-13)21(18,19)17-15(5-2,6-3)12-16;/h7-10,17H,4-6,11-12,16H2,1-3H3;1H. The Morgan fingerprint density at radius 3 is 2.09 bits per heavy atom. The van der Waals surface area contributed by atoms with Crippen molar-refractivity contribution in [1.29, 1.82) is 0 Å². The molecule has 1 rings (SSSR count). The van der Waals surface area contributed by atoms with E-state index in [1.165, 1.54) is 0 Å². The number of rotatable bonds is 9. The van der Waals surface area contributed by atoms with Gasteiger partial charge in [-0.3, -0.25) is 0 Å². The molecule has 0 atom stereocenters. The summed E-state index contributed by atoms with van der Waals surface area (Å²) >= 11 is 0. The molecule has 0 fully saturated rings. The average molecular weight is 351 g/mol. The molecule has 3 N–H and O–H groups in total. The molecule has 0 saturated carbocycles. The lowest BCUT2D eigenvalue weighted by molar-refractivity contribution is 0.317. The van der Waals surface area contributed by atoms with Crippen molar-refractivity contribution < 1.29 is 13.2 Å². The fourth-order valence-corrected chi connectivity index (χ4v) is 3.56. The zero-order chi connectivity index (χ0) is 15.9. The molecule has 0 heterocycles. The molecule has 0 radical (unpaired) electrons. The minimum atomic E-state index is -3.58. The van der Waals surface area contributed by atoms with Gasteiger partial charge in [-0.05, 0) is 43.5 Å². The summed E-state index contributed by atoms with van der Waals surface area (Å²) in [5, 5.41) is 0. The van der Waals surface area contributed by atoms with Crippen molar-refractivity contribution in [2.75, 3.05) is 13.2 Å². The van der Waals surface area contributed by atoms with Gasteiger partial charge in [0.15, 0.2) is 0 Å². The third kappa shape index (κ3) is 5.43. The van der Waals surface area contributed by atoms with E-state index in [4.69, 9.17) is 10.5 Å². The highest BCUT2D eigenvalue weighted by molar-refractivity contribution is 7.89. The summed E-state index contributed by atoms with van der Waals surface area (Å²) in [6.07, 6.45) is 2.21. The third-order valence-electron chi connectivity index (χ3n) is 3.70. The molecule has 0 unspecified atom stereocenters. The first kappa shape index (κ1) is 21.2. The summed E-state index contributed by atoms with van der Waals surface area (Å²) in [5.74, 6) is 0.673. The lowest BCUT2D eigenvalue weighted by Crippen LogP contribution is -2.52. The van der Waals surface area contributed by atoms with Gasteiger partial charge in [0.2, 0.25) is 10.0 Å². The molecule has 0 amide bonds. The fraction of sp³-hybridized carbons (Fsp3) is 0.600. The van der Waals surface area contributed by atoms with Gasteiger partial charge in [-0.1, -0.05) is 20.8 Å². The van der Waals surface area contributed by atoms with Crippen LogP contribution in [0.5, 0.6) is 5.75 Å². The van der Waals surface area contributed by atoms with Gasteiger partial charge >= 0.3 is 0 Å². The summed E-state index contributed by atoms with van der Waals surface area (Å²) in [4.78, 5) is 0.228. The van der Waals surface area contributed by atoms with Crippen molar-refractivity contribution in [2.45, 2.75) is 50.5 Å². The normalized spacial score (nSPS) is 11.8. The van der Waals surface area contributed by atoms with Gasteiger partial charge in [-0.15, -0.1) is 12.4 Å². The van der Waals surface area contributed by atoms with Gasteiger partial charge in [0.05, 0.1) is 11.5 Å². The maximum Gasteiger partial charge on any atom is 0.241 e. The van der Waals surface area contributed by atoms with Crippen LogP contribution in [0, 0.1) is 0 Å². The molecular weight excluding hydrogens is 324 g/mol. The van der Waals surface area contributed by atoms with Crippen LogP contribution in [-0.2, 0) is 10.0 Å². The van der Waals surface area contributed by atoms with E-state index >= 15 is 0 Å². The van der Waals surface area contributed by atoms with Crippen molar-refractivity contribution in [2.24, 2.45) is 5.73 Å². The second kappa shape index (κ2) is 9.35. The summed E-state index contributed by atoms with van der Waals surface area (Å²) in [6, 6.07) is 6.46. The van der Waals surface area contributed by atoms with Crippen molar-refractivity contribution in [1.82, 2.24) is 4.72 Å². The van der Waals surface area contributed by atoms with E-state index in [-0.39, 0.29) is 23.8 Å². The van der Waals surface area contributed by atoms with Crippen LogP contribution in [0.4, 0.5) is 0 Å². The Bertz CT molecular complexity index is 520. The molecule has 0 aliphatic rings. The van der Waals surface area contributed by atoms with E-state index in [0.29, 0.717) is 25.2 Å². The molecular formula is C15H27ClN2O3S. The van der Waals surface area contributed by atoms with Crippen molar-refractivity contribution in [3.05, 3.63) is 24.3 Å². The molecule has 7 heteroatoms. The summed E-state index contributed by atoms with van der Waals surface area (Å²) in [6.45, 7) is 6.77. The SMILES string of the molecule is CCCOc1ccc(S(=O)(=O)NC(CC)(CC)CN)cc1.Cl. The van der Waals surface area contributed by atoms with Crippen LogP contribution >= 0.6 is 12.4 Å². The third-order valence-corrected chi connectivity index (χ3v) is 5.30. The summed E-state index contributed by atoms with van der Waals surface area (Å²) in [5.41, 5.74) is 5.16. The summed E-state index contributed by atoms with van der Waals surface area (Å²) in [7, 11) is -3.58. The molecule has 0 bridgehead atoms. The van der Waals surface area contributed by atoms with Crippen LogP contribution in [0.2, 0.25) is 0 Å². The first-order valence-electron chi connectivity index (χ1n) is 7.40. The van der Waals surface area contributed by atoms with Crippen LogP contribution < -0.4 is 15.2 Å². The predicted octanol–water partition coefficient (Wildman–Crippen LogP) is 2.69. The lowest BCUT2D eigenvalue weighted by Gasteiger charge is -2.31. The number of nitrogens with one attached hydrogen (secondary N) is 1. The van der Waals surface area contributed by atoms with Gasteiger partial charge < -0.3 is 10.5 Å². The Kier molecular flexibility index (Phi) is 9.00. The second-order valence-corrected chi connectivity index (χ2v) is 6.80. The molecule has 1 aromatic rings. The molecule has 1 aromatic carbocycles. The zero-order valence-corrected chi connectivity index (χ0v) is 15.1. The monoisotopic (exact) mass is 350 g/mol. The molecule has 0 spiro atoms. The predicted molar refractivity (Wildman–Crippen MR) is 92.2 cm³/mol. The summed E-state index contributed by atoms with van der Waals surface area (Å²) < 4.78 is 33.1. The van der Waals surface area contributed by atoms with Crippen LogP contribution in [-0.4, -0.2) is 27.1 Å². The highest BCUT2D eigenvalue weighted by Gasteiger charge is 2.30. The Balaban J connectivity index is 0.00000441. The maximum absolute atomic E-state index is 12.4. The highest BCUT2D eigenvalue weighted by atomic mass is 35.5. The Labute approximate surface area is 140 Å². The number of nitrogens with two attached hydrogens (primary N) is 1. The number of halogens is 1. The Morgan fingerprint density at radius 2 is 1.68 bits per heavy atom. The first-order valence-corrected chi connectivity index (χ1v) is 8.88. The van der Waals surface area contributed by atoms with E-state index < -0.39 is 15.6 Å². The molecule has 22 heavy (non-hydrogen) atoms. The number of benzene rings is 1. The topological polar surface area (TPSA) is 81.4 Å². The van der Waals surface area contributed by atoms with Gasteiger partial charge in [-0.2, -0.15) is 0 Å². The van der Waals surface area contributed by atoms with Crippen LogP contribution in [0.3, 0.4) is 0 Å². The largest absolute Gasteiger partial charge is 0.494 e. The average Bonchev–Trinajstić information content (AvgIpc) is 2.51. The number of ether oxygens (including phenoxy) is 1. The van der Waals surface area contributed by atoms with Crippen molar-refractivity contribution >= 4 is 22.4 Å². The smallest absolute Gasteiger partial charge is 0.241 e. The molecule has 0 aliphatic heterocycles. The van der Waals surface area contributed by atoms with E-state index in [2.05, 4.69) is 4.72 Å².